The summed E-state index contributed by atoms with van der Waals surface area (Å²) in [7, 11) is 1.50. The molecule has 5 rings (SSSR count). The molecule has 3 heterocycles. The Kier molecular flexibility index (Phi) is 4.76. The zero-order valence-electron chi connectivity index (χ0n) is 16.5. The van der Waals surface area contributed by atoms with E-state index in [9.17, 15) is 4.39 Å². The van der Waals surface area contributed by atoms with Crippen molar-refractivity contribution in [3.8, 4) is 28.4 Å². The molecule has 0 saturated carbocycles. The predicted molar refractivity (Wildman–Crippen MR) is 114 cm³/mol. The lowest BCUT2D eigenvalue weighted by Crippen LogP contribution is -2.43. The molecule has 0 bridgehead atoms. The normalized spacial score (nSPS) is 14.3. The molecule has 0 spiro atoms. The number of rotatable bonds is 4. The smallest absolute Gasteiger partial charge is 0.166 e. The van der Waals surface area contributed by atoms with Crippen LogP contribution in [-0.2, 0) is 0 Å². The van der Waals surface area contributed by atoms with Gasteiger partial charge < -0.3 is 15.0 Å². The SMILES string of the molecule is COc1cccc(F)c1-c1ncc2[nH]nc(-c3ccc(N4CCNCC4)cc3)c2n1. The van der Waals surface area contributed by atoms with E-state index in [1.807, 2.05) is 12.1 Å². The molecular formula is C22H21FN6O. The first-order chi connectivity index (χ1) is 14.7. The Morgan fingerprint density at radius 2 is 1.87 bits per heavy atom. The molecule has 1 fully saturated rings. The van der Waals surface area contributed by atoms with Crippen molar-refractivity contribution < 1.29 is 9.13 Å². The third-order valence-corrected chi connectivity index (χ3v) is 5.34. The quantitative estimate of drug-likeness (QED) is 0.544. The number of nitrogens with zero attached hydrogens (tertiary/aromatic N) is 4. The molecule has 1 saturated heterocycles. The second kappa shape index (κ2) is 7.72. The molecule has 30 heavy (non-hydrogen) atoms. The lowest BCUT2D eigenvalue weighted by molar-refractivity contribution is 0.413. The number of hydrogen-bond donors (Lipinski definition) is 2. The first-order valence-corrected chi connectivity index (χ1v) is 9.84. The van der Waals surface area contributed by atoms with Crippen molar-refractivity contribution in [2.24, 2.45) is 0 Å². The third kappa shape index (κ3) is 3.25. The largest absolute Gasteiger partial charge is 0.496 e. The molecule has 0 amide bonds. The van der Waals surface area contributed by atoms with Gasteiger partial charge in [0, 0.05) is 37.4 Å². The van der Waals surface area contributed by atoms with Crippen molar-refractivity contribution >= 4 is 16.7 Å². The molecule has 0 aliphatic carbocycles. The van der Waals surface area contributed by atoms with Crippen molar-refractivity contribution in [3.63, 3.8) is 0 Å². The van der Waals surface area contributed by atoms with Gasteiger partial charge in [0.15, 0.2) is 5.82 Å². The summed E-state index contributed by atoms with van der Waals surface area (Å²) >= 11 is 0. The molecule has 1 aliphatic heterocycles. The molecule has 152 valence electrons. The van der Waals surface area contributed by atoms with Gasteiger partial charge in [-0.3, -0.25) is 5.10 Å². The fourth-order valence-corrected chi connectivity index (χ4v) is 3.78. The highest BCUT2D eigenvalue weighted by atomic mass is 19.1. The van der Waals surface area contributed by atoms with Gasteiger partial charge in [-0.2, -0.15) is 5.10 Å². The standard InChI is InChI=1S/C22H21FN6O/c1-30-18-4-2-3-16(23)19(18)22-25-13-17-21(26-22)20(28-27-17)14-5-7-15(8-6-14)29-11-9-24-10-12-29/h2-8,13,24H,9-12H2,1H3,(H,27,28). The van der Waals surface area contributed by atoms with Crippen molar-refractivity contribution in [1.82, 2.24) is 25.5 Å². The molecule has 2 aromatic carbocycles. The summed E-state index contributed by atoms with van der Waals surface area (Å²) in [5.74, 6) is 0.219. The van der Waals surface area contributed by atoms with E-state index in [0.29, 0.717) is 22.5 Å². The Labute approximate surface area is 172 Å². The Hall–Kier alpha value is -3.52. The van der Waals surface area contributed by atoms with E-state index in [-0.39, 0.29) is 11.4 Å². The predicted octanol–water partition coefficient (Wildman–Crippen LogP) is 3.24. The van der Waals surface area contributed by atoms with Crippen molar-refractivity contribution in [2.75, 3.05) is 38.2 Å². The molecule has 1 aliphatic rings. The highest BCUT2D eigenvalue weighted by molar-refractivity contribution is 5.90. The molecule has 2 aromatic heterocycles. The average Bonchev–Trinajstić information content (AvgIpc) is 3.23. The van der Waals surface area contributed by atoms with Gasteiger partial charge in [-0.1, -0.05) is 18.2 Å². The number of halogens is 1. The topological polar surface area (TPSA) is 79.0 Å². The Bertz CT molecular complexity index is 1180. The number of ether oxygens (including phenoxy) is 1. The van der Waals surface area contributed by atoms with Gasteiger partial charge in [-0.15, -0.1) is 0 Å². The maximum atomic E-state index is 14.5. The van der Waals surface area contributed by atoms with E-state index in [2.05, 4.69) is 42.5 Å². The third-order valence-electron chi connectivity index (χ3n) is 5.34. The van der Waals surface area contributed by atoms with Gasteiger partial charge in [0.1, 0.15) is 28.3 Å². The minimum Gasteiger partial charge on any atom is -0.496 e. The maximum absolute atomic E-state index is 14.5. The van der Waals surface area contributed by atoms with E-state index in [1.165, 1.54) is 18.9 Å². The summed E-state index contributed by atoms with van der Waals surface area (Å²) in [6.45, 7) is 3.97. The number of hydrogen-bond acceptors (Lipinski definition) is 6. The number of benzene rings is 2. The number of fused-ring (bicyclic) bond motifs is 1. The fourth-order valence-electron chi connectivity index (χ4n) is 3.78. The summed E-state index contributed by atoms with van der Waals surface area (Å²) in [6, 6.07) is 12.9. The highest BCUT2D eigenvalue weighted by Gasteiger charge is 2.18. The molecule has 2 N–H and O–H groups in total. The van der Waals surface area contributed by atoms with E-state index >= 15 is 0 Å². The molecule has 4 aromatic rings. The van der Waals surface area contributed by atoms with Crippen LogP contribution in [-0.4, -0.2) is 53.5 Å². The number of nitrogens with one attached hydrogen (secondary N) is 2. The minimum absolute atomic E-state index is 0.239. The number of aromatic nitrogens is 4. The Morgan fingerprint density at radius 3 is 2.63 bits per heavy atom. The molecule has 0 atom stereocenters. The number of piperazine rings is 1. The highest BCUT2D eigenvalue weighted by Crippen LogP contribution is 2.33. The van der Waals surface area contributed by atoms with Gasteiger partial charge in [0.2, 0.25) is 0 Å². The monoisotopic (exact) mass is 404 g/mol. The van der Waals surface area contributed by atoms with E-state index in [1.54, 1.807) is 18.3 Å². The second-order valence-electron chi connectivity index (χ2n) is 7.13. The second-order valence-corrected chi connectivity index (χ2v) is 7.13. The van der Waals surface area contributed by atoms with Crippen LogP contribution < -0.4 is 15.0 Å². The number of anilines is 1. The van der Waals surface area contributed by atoms with E-state index in [4.69, 9.17) is 4.74 Å². The first-order valence-electron chi connectivity index (χ1n) is 9.84. The van der Waals surface area contributed by atoms with Crippen LogP contribution >= 0.6 is 0 Å². The number of aromatic amines is 1. The van der Waals surface area contributed by atoms with Gasteiger partial charge in [-0.25, -0.2) is 14.4 Å². The van der Waals surface area contributed by atoms with Crippen LogP contribution in [0.3, 0.4) is 0 Å². The van der Waals surface area contributed by atoms with Crippen LogP contribution in [0.1, 0.15) is 0 Å². The lowest BCUT2D eigenvalue weighted by atomic mass is 10.1. The van der Waals surface area contributed by atoms with Crippen LogP contribution in [0, 0.1) is 5.82 Å². The van der Waals surface area contributed by atoms with Crippen LogP contribution in [0.2, 0.25) is 0 Å². The summed E-state index contributed by atoms with van der Waals surface area (Å²) in [5.41, 5.74) is 4.39. The molecular weight excluding hydrogens is 383 g/mol. The first kappa shape index (κ1) is 18.5. The van der Waals surface area contributed by atoms with Crippen LogP contribution in [0.25, 0.3) is 33.7 Å². The molecule has 0 radical (unpaired) electrons. The fraction of sp³-hybridized carbons (Fsp3) is 0.227. The summed E-state index contributed by atoms with van der Waals surface area (Å²) in [5, 5.41) is 10.8. The average molecular weight is 404 g/mol. The minimum atomic E-state index is -0.431. The van der Waals surface area contributed by atoms with Gasteiger partial charge in [0.05, 0.1) is 18.9 Å². The zero-order chi connectivity index (χ0) is 20.5. The summed E-state index contributed by atoms with van der Waals surface area (Å²) < 4.78 is 19.8. The van der Waals surface area contributed by atoms with E-state index in [0.717, 1.165) is 31.7 Å². The summed E-state index contributed by atoms with van der Waals surface area (Å²) in [4.78, 5) is 11.3. The lowest BCUT2D eigenvalue weighted by Gasteiger charge is -2.29. The van der Waals surface area contributed by atoms with Crippen LogP contribution in [0.4, 0.5) is 10.1 Å². The van der Waals surface area contributed by atoms with Crippen LogP contribution in [0.5, 0.6) is 5.75 Å². The Balaban J connectivity index is 1.54. The van der Waals surface area contributed by atoms with Crippen molar-refractivity contribution in [1.29, 1.82) is 0 Å². The number of methoxy groups -OCH3 is 1. The van der Waals surface area contributed by atoms with Crippen molar-refractivity contribution in [2.45, 2.75) is 0 Å². The molecule has 7 nitrogen and oxygen atoms in total. The van der Waals surface area contributed by atoms with Gasteiger partial charge >= 0.3 is 0 Å². The Morgan fingerprint density at radius 1 is 1.07 bits per heavy atom. The van der Waals surface area contributed by atoms with Crippen LogP contribution in [0.15, 0.2) is 48.7 Å². The van der Waals surface area contributed by atoms with Crippen molar-refractivity contribution in [3.05, 3.63) is 54.5 Å². The molecule has 0 unspecified atom stereocenters. The maximum Gasteiger partial charge on any atom is 0.166 e. The van der Waals surface area contributed by atoms with E-state index < -0.39 is 5.82 Å². The summed E-state index contributed by atoms with van der Waals surface area (Å²) in [6.07, 6.45) is 1.62. The van der Waals surface area contributed by atoms with Gasteiger partial charge in [-0.05, 0) is 24.3 Å². The molecule has 8 heteroatoms. The zero-order valence-corrected chi connectivity index (χ0v) is 16.5. The van der Waals surface area contributed by atoms with Gasteiger partial charge in [0.25, 0.3) is 0 Å². The number of H-pyrrole nitrogens is 1.